The summed E-state index contributed by atoms with van der Waals surface area (Å²) in [5.74, 6) is -0.202. The molecule has 3 nitrogen and oxygen atoms in total. The summed E-state index contributed by atoms with van der Waals surface area (Å²) >= 11 is 0. The third kappa shape index (κ3) is 1.84. The molecule has 0 spiro atoms. The Balaban J connectivity index is 2.40. The molecule has 0 saturated heterocycles. The van der Waals surface area contributed by atoms with Crippen LogP contribution in [0.3, 0.4) is 0 Å². The van der Waals surface area contributed by atoms with Crippen molar-refractivity contribution in [1.29, 1.82) is 0 Å². The van der Waals surface area contributed by atoms with E-state index >= 15 is 0 Å². The predicted octanol–water partition coefficient (Wildman–Crippen LogP) is 1.47. The summed E-state index contributed by atoms with van der Waals surface area (Å²) in [6, 6.07) is 0. The smallest absolute Gasteiger partial charge is 0.309 e. The standard InChI is InChI=1S/C9H14O3/c1-9(2,8(11)12)5-6-3-7(10)4-6/h6H,3-5H2,1-2H3,(H,11,12). The molecule has 1 fully saturated rings. The summed E-state index contributed by atoms with van der Waals surface area (Å²) < 4.78 is 0. The fourth-order valence-electron chi connectivity index (χ4n) is 1.54. The lowest BCUT2D eigenvalue weighted by Crippen LogP contribution is -2.32. The fourth-order valence-corrected chi connectivity index (χ4v) is 1.54. The van der Waals surface area contributed by atoms with Crippen molar-refractivity contribution in [3.63, 3.8) is 0 Å². The molecule has 0 unspecified atom stereocenters. The number of hydrogen-bond acceptors (Lipinski definition) is 2. The second-order valence-electron chi connectivity index (χ2n) is 4.21. The molecule has 0 bridgehead atoms. The average Bonchev–Trinajstić information content (AvgIpc) is 1.83. The molecule has 1 aliphatic rings. The van der Waals surface area contributed by atoms with Gasteiger partial charge in [-0.05, 0) is 26.2 Å². The van der Waals surface area contributed by atoms with Crippen LogP contribution < -0.4 is 0 Å². The van der Waals surface area contributed by atoms with Crippen LogP contribution in [0.5, 0.6) is 0 Å². The fraction of sp³-hybridized carbons (Fsp3) is 0.778. The quantitative estimate of drug-likeness (QED) is 0.697. The van der Waals surface area contributed by atoms with Gasteiger partial charge in [-0.15, -0.1) is 0 Å². The predicted molar refractivity (Wildman–Crippen MR) is 43.8 cm³/mol. The maximum atomic E-state index is 10.7. The number of aliphatic carboxylic acids is 1. The highest BCUT2D eigenvalue weighted by molar-refractivity contribution is 5.84. The summed E-state index contributed by atoms with van der Waals surface area (Å²) in [7, 11) is 0. The molecule has 0 aromatic heterocycles. The molecule has 1 N–H and O–H groups in total. The monoisotopic (exact) mass is 170 g/mol. The zero-order chi connectivity index (χ0) is 9.35. The van der Waals surface area contributed by atoms with Gasteiger partial charge in [0.2, 0.25) is 0 Å². The van der Waals surface area contributed by atoms with Crippen molar-refractivity contribution in [3.8, 4) is 0 Å². The molecule has 0 heterocycles. The minimum absolute atomic E-state index is 0.265. The Hall–Kier alpha value is -0.860. The first kappa shape index (κ1) is 9.23. The van der Waals surface area contributed by atoms with Gasteiger partial charge in [-0.2, -0.15) is 0 Å². The van der Waals surface area contributed by atoms with E-state index in [0.717, 1.165) is 0 Å². The molecule has 0 atom stereocenters. The van der Waals surface area contributed by atoms with Gasteiger partial charge in [0.1, 0.15) is 5.78 Å². The van der Waals surface area contributed by atoms with Crippen molar-refractivity contribution >= 4 is 11.8 Å². The molecule has 1 rings (SSSR count). The van der Waals surface area contributed by atoms with E-state index in [1.165, 1.54) is 0 Å². The highest BCUT2D eigenvalue weighted by Gasteiger charge is 2.36. The van der Waals surface area contributed by atoms with E-state index in [1.807, 2.05) is 0 Å². The second kappa shape index (κ2) is 2.88. The van der Waals surface area contributed by atoms with Crippen molar-refractivity contribution in [2.75, 3.05) is 0 Å². The number of ketones is 1. The van der Waals surface area contributed by atoms with Crippen LogP contribution in [0.25, 0.3) is 0 Å². The van der Waals surface area contributed by atoms with E-state index in [1.54, 1.807) is 13.8 Å². The van der Waals surface area contributed by atoms with Gasteiger partial charge in [0.25, 0.3) is 0 Å². The van der Waals surface area contributed by atoms with E-state index in [4.69, 9.17) is 5.11 Å². The summed E-state index contributed by atoms with van der Waals surface area (Å²) in [6.07, 6.45) is 1.78. The maximum Gasteiger partial charge on any atom is 0.309 e. The summed E-state index contributed by atoms with van der Waals surface area (Å²) in [5.41, 5.74) is -0.675. The van der Waals surface area contributed by atoms with Crippen LogP contribution >= 0.6 is 0 Å². The normalized spacial score (nSPS) is 19.0. The minimum atomic E-state index is -0.776. The van der Waals surface area contributed by atoms with Crippen molar-refractivity contribution in [1.82, 2.24) is 0 Å². The van der Waals surface area contributed by atoms with Gasteiger partial charge in [0, 0.05) is 12.8 Å². The van der Waals surface area contributed by atoms with Crippen LogP contribution in [0, 0.1) is 11.3 Å². The van der Waals surface area contributed by atoms with Crippen LogP contribution in [0.15, 0.2) is 0 Å². The lowest BCUT2D eigenvalue weighted by molar-refractivity contribution is -0.149. The Morgan fingerprint density at radius 1 is 1.58 bits per heavy atom. The van der Waals surface area contributed by atoms with Crippen LogP contribution in [0.2, 0.25) is 0 Å². The zero-order valence-corrected chi connectivity index (χ0v) is 7.46. The van der Waals surface area contributed by atoms with Crippen LogP contribution in [-0.2, 0) is 9.59 Å². The third-order valence-corrected chi connectivity index (χ3v) is 2.41. The van der Waals surface area contributed by atoms with E-state index in [9.17, 15) is 9.59 Å². The number of rotatable bonds is 3. The van der Waals surface area contributed by atoms with E-state index in [-0.39, 0.29) is 5.78 Å². The first-order chi connectivity index (χ1) is 5.42. The molecule has 1 saturated carbocycles. The van der Waals surface area contributed by atoms with Gasteiger partial charge in [0.15, 0.2) is 0 Å². The van der Waals surface area contributed by atoms with Gasteiger partial charge in [0.05, 0.1) is 5.41 Å². The Kier molecular flexibility index (Phi) is 2.22. The first-order valence-corrected chi connectivity index (χ1v) is 4.17. The number of carboxylic acid groups (broad SMARTS) is 1. The van der Waals surface area contributed by atoms with Gasteiger partial charge < -0.3 is 5.11 Å². The molecular formula is C9H14O3. The Bertz CT molecular complexity index is 210. The molecule has 12 heavy (non-hydrogen) atoms. The van der Waals surface area contributed by atoms with Crippen molar-refractivity contribution < 1.29 is 14.7 Å². The maximum absolute atomic E-state index is 10.7. The molecule has 0 aromatic carbocycles. The van der Waals surface area contributed by atoms with Crippen LogP contribution in [-0.4, -0.2) is 16.9 Å². The summed E-state index contributed by atoms with van der Waals surface area (Å²) in [5, 5.41) is 8.79. The van der Waals surface area contributed by atoms with Crippen molar-refractivity contribution in [2.24, 2.45) is 11.3 Å². The van der Waals surface area contributed by atoms with Crippen LogP contribution in [0.1, 0.15) is 33.1 Å². The molecule has 0 aliphatic heterocycles. The first-order valence-electron chi connectivity index (χ1n) is 4.17. The zero-order valence-electron chi connectivity index (χ0n) is 7.46. The molecule has 0 amide bonds. The molecule has 0 aromatic rings. The Morgan fingerprint density at radius 2 is 2.08 bits per heavy atom. The highest BCUT2D eigenvalue weighted by Crippen LogP contribution is 2.35. The van der Waals surface area contributed by atoms with Gasteiger partial charge >= 0.3 is 5.97 Å². The van der Waals surface area contributed by atoms with Gasteiger partial charge in [-0.1, -0.05) is 0 Å². The van der Waals surface area contributed by atoms with Gasteiger partial charge in [-0.3, -0.25) is 9.59 Å². The Labute approximate surface area is 71.8 Å². The summed E-state index contributed by atoms with van der Waals surface area (Å²) in [6.45, 7) is 3.41. The highest BCUT2D eigenvalue weighted by atomic mass is 16.4. The third-order valence-electron chi connectivity index (χ3n) is 2.41. The molecule has 1 aliphatic carbocycles. The van der Waals surface area contributed by atoms with E-state index < -0.39 is 11.4 Å². The summed E-state index contributed by atoms with van der Waals surface area (Å²) in [4.78, 5) is 21.3. The van der Waals surface area contributed by atoms with E-state index in [0.29, 0.717) is 25.2 Å². The lowest BCUT2D eigenvalue weighted by atomic mass is 9.73. The number of carbonyl (C=O) groups excluding carboxylic acids is 1. The lowest BCUT2D eigenvalue weighted by Gasteiger charge is -2.30. The average molecular weight is 170 g/mol. The van der Waals surface area contributed by atoms with Crippen LogP contribution in [0.4, 0.5) is 0 Å². The molecule has 68 valence electrons. The molecule has 3 heteroatoms. The van der Waals surface area contributed by atoms with E-state index in [2.05, 4.69) is 0 Å². The molecular weight excluding hydrogens is 156 g/mol. The number of carbonyl (C=O) groups is 2. The van der Waals surface area contributed by atoms with Crippen molar-refractivity contribution in [3.05, 3.63) is 0 Å². The topological polar surface area (TPSA) is 54.4 Å². The molecule has 0 radical (unpaired) electrons. The second-order valence-corrected chi connectivity index (χ2v) is 4.21. The minimum Gasteiger partial charge on any atom is -0.481 e. The largest absolute Gasteiger partial charge is 0.481 e. The Morgan fingerprint density at radius 3 is 2.42 bits per heavy atom. The van der Waals surface area contributed by atoms with Crippen molar-refractivity contribution in [2.45, 2.75) is 33.1 Å². The number of carboxylic acids is 1. The van der Waals surface area contributed by atoms with Gasteiger partial charge in [-0.25, -0.2) is 0 Å². The SMILES string of the molecule is CC(C)(CC1CC(=O)C1)C(=O)O. The number of Topliss-reactive ketones (excluding diaryl/α,β-unsaturated/α-hetero) is 1. The number of hydrogen-bond donors (Lipinski definition) is 1.